The topological polar surface area (TPSA) is 67.3 Å². The van der Waals surface area contributed by atoms with E-state index in [0.29, 0.717) is 47.0 Å². The predicted octanol–water partition coefficient (Wildman–Crippen LogP) is 5.87. The van der Waals surface area contributed by atoms with Gasteiger partial charge in [-0.3, -0.25) is 4.79 Å². The molecule has 0 aliphatic carbocycles. The number of carbonyl (C=O) groups is 1. The molecule has 0 spiro atoms. The van der Waals surface area contributed by atoms with Crippen molar-refractivity contribution in [3.05, 3.63) is 53.9 Å². The van der Waals surface area contributed by atoms with Crippen LogP contribution in [0.4, 0.5) is 24.5 Å². The molecule has 0 saturated carbocycles. The Hall–Kier alpha value is -3.07. The van der Waals surface area contributed by atoms with E-state index in [9.17, 15) is 18.0 Å². The summed E-state index contributed by atoms with van der Waals surface area (Å²) in [5.74, 6) is 0.0414. The van der Waals surface area contributed by atoms with Gasteiger partial charge in [-0.15, -0.1) is 25.6 Å². The maximum Gasteiger partial charge on any atom is 0.573 e. The number of aromatic nitrogens is 2. The third kappa shape index (κ3) is 5.84. The van der Waals surface area contributed by atoms with Crippen molar-refractivity contribution in [3.63, 3.8) is 0 Å². The Morgan fingerprint density at radius 3 is 2.61 bits per heavy atom. The summed E-state index contributed by atoms with van der Waals surface area (Å²) in [7, 11) is 0. The van der Waals surface area contributed by atoms with Gasteiger partial charge in [0.1, 0.15) is 5.75 Å². The zero-order valence-corrected chi connectivity index (χ0v) is 19.0. The number of hydrogen-bond donors (Lipinski definition) is 1. The Balaban J connectivity index is 0.00000306. The molecule has 4 rings (SSSR count). The summed E-state index contributed by atoms with van der Waals surface area (Å²) in [5, 5.41) is 3.72. The largest absolute Gasteiger partial charge is 0.573 e. The molecule has 1 amide bonds. The number of hydrogen-bond acceptors (Lipinski definition) is 5. The van der Waals surface area contributed by atoms with Crippen molar-refractivity contribution in [1.82, 2.24) is 14.9 Å². The number of aryl methyl sites for hydroxylation is 1. The molecule has 0 radical (unpaired) electrons. The highest BCUT2D eigenvalue weighted by atomic mass is 35.5. The monoisotopic (exact) mass is 480 g/mol. The van der Waals surface area contributed by atoms with Crippen molar-refractivity contribution in [1.29, 1.82) is 0 Å². The van der Waals surface area contributed by atoms with E-state index < -0.39 is 6.36 Å². The molecule has 176 valence electrons. The van der Waals surface area contributed by atoms with E-state index >= 15 is 0 Å². The fraction of sp³-hybridized carbons (Fsp3) is 0.348. The average Bonchev–Trinajstić information content (AvgIpc) is 2.73. The molecule has 2 aromatic heterocycles. The number of ether oxygens (including phenoxy) is 1. The van der Waals surface area contributed by atoms with Crippen LogP contribution in [0.5, 0.6) is 5.75 Å². The number of halogens is 4. The lowest BCUT2D eigenvalue weighted by Gasteiger charge is -2.31. The van der Waals surface area contributed by atoms with E-state index in [-0.39, 0.29) is 24.1 Å². The van der Waals surface area contributed by atoms with E-state index in [1.54, 1.807) is 23.1 Å². The van der Waals surface area contributed by atoms with Gasteiger partial charge in [0.25, 0.3) is 5.91 Å². The average molecular weight is 481 g/mol. The fourth-order valence-electron chi connectivity index (χ4n) is 3.77. The molecular weight excluding hydrogens is 457 g/mol. The Bertz CT molecular complexity index is 1150. The van der Waals surface area contributed by atoms with Gasteiger partial charge in [0.05, 0.1) is 11.3 Å². The van der Waals surface area contributed by atoms with Gasteiger partial charge in [-0.05, 0) is 49.9 Å². The van der Waals surface area contributed by atoms with Crippen molar-refractivity contribution in [2.75, 3.05) is 18.4 Å². The normalized spacial score (nSPS) is 14.6. The molecule has 1 aromatic carbocycles. The SMILES string of the molecule is Cc1ccc2c(Nc3cccc(OC(F)(F)F)c3)c(C(=O)N3CCC(C)CC3)cnc2n1.Cl. The molecule has 33 heavy (non-hydrogen) atoms. The first-order valence-corrected chi connectivity index (χ1v) is 10.4. The van der Waals surface area contributed by atoms with E-state index in [0.717, 1.165) is 18.5 Å². The molecule has 3 aromatic rings. The van der Waals surface area contributed by atoms with Crippen molar-refractivity contribution in [2.24, 2.45) is 5.92 Å². The Labute approximate surface area is 195 Å². The summed E-state index contributed by atoms with van der Waals surface area (Å²) in [4.78, 5) is 23.9. The summed E-state index contributed by atoms with van der Waals surface area (Å²) < 4.78 is 41.9. The molecule has 10 heteroatoms. The van der Waals surface area contributed by atoms with Crippen LogP contribution < -0.4 is 10.1 Å². The highest BCUT2D eigenvalue weighted by Crippen LogP contribution is 2.32. The summed E-state index contributed by atoms with van der Waals surface area (Å²) in [6.07, 6.45) is -1.47. The van der Waals surface area contributed by atoms with Crippen LogP contribution in [-0.2, 0) is 0 Å². The Morgan fingerprint density at radius 2 is 1.91 bits per heavy atom. The highest BCUT2D eigenvalue weighted by Gasteiger charge is 2.31. The number of carbonyl (C=O) groups excluding carboxylic acids is 1. The number of pyridine rings is 2. The van der Waals surface area contributed by atoms with Gasteiger partial charge in [-0.2, -0.15) is 0 Å². The molecule has 1 aliphatic heterocycles. The molecule has 3 heterocycles. The van der Waals surface area contributed by atoms with Gasteiger partial charge in [-0.1, -0.05) is 13.0 Å². The standard InChI is InChI=1S/C23H23F3N4O2.ClH/c1-14-8-10-30(11-9-14)22(31)19-13-27-21-18(7-6-15(2)28-21)20(19)29-16-4-3-5-17(12-16)32-23(24,25)26;/h3-7,12-14H,8-11H2,1-2H3,(H,27,28,29);1H. The van der Waals surface area contributed by atoms with E-state index in [2.05, 4.69) is 26.9 Å². The second-order valence-electron chi connectivity index (χ2n) is 8.05. The first-order chi connectivity index (χ1) is 15.2. The number of fused-ring (bicyclic) bond motifs is 1. The third-order valence-corrected chi connectivity index (χ3v) is 5.51. The van der Waals surface area contributed by atoms with Gasteiger partial charge in [-0.25, -0.2) is 9.97 Å². The number of amides is 1. The first kappa shape index (κ1) is 24.6. The van der Waals surface area contributed by atoms with Crippen LogP contribution in [0.15, 0.2) is 42.6 Å². The van der Waals surface area contributed by atoms with E-state index in [4.69, 9.17) is 0 Å². The van der Waals surface area contributed by atoms with Gasteiger partial charge in [0, 0.05) is 42.1 Å². The van der Waals surface area contributed by atoms with E-state index in [1.807, 2.05) is 6.92 Å². The van der Waals surface area contributed by atoms with Crippen LogP contribution in [0.1, 0.15) is 35.8 Å². The van der Waals surface area contributed by atoms with Crippen LogP contribution in [0.2, 0.25) is 0 Å². The van der Waals surface area contributed by atoms with E-state index in [1.165, 1.54) is 24.4 Å². The number of nitrogens with one attached hydrogen (secondary N) is 1. The number of piperidine rings is 1. The quantitative estimate of drug-likeness (QED) is 0.505. The minimum atomic E-state index is -4.80. The zero-order valence-electron chi connectivity index (χ0n) is 18.1. The van der Waals surface area contributed by atoms with Crippen LogP contribution in [0.3, 0.4) is 0 Å². The van der Waals surface area contributed by atoms with Gasteiger partial charge >= 0.3 is 6.36 Å². The minimum absolute atomic E-state index is 0. The maximum atomic E-state index is 13.3. The van der Waals surface area contributed by atoms with Crippen LogP contribution in [-0.4, -0.2) is 40.2 Å². The van der Waals surface area contributed by atoms with Crippen molar-refractivity contribution >= 4 is 40.7 Å². The lowest BCUT2D eigenvalue weighted by atomic mass is 9.98. The summed E-state index contributed by atoms with van der Waals surface area (Å²) in [6, 6.07) is 9.11. The lowest BCUT2D eigenvalue weighted by molar-refractivity contribution is -0.274. The second-order valence-corrected chi connectivity index (χ2v) is 8.05. The first-order valence-electron chi connectivity index (χ1n) is 10.4. The molecule has 1 N–H and O–H groups in total. The number of benzene rings is 1. The van der Waals surface area contributed by atoms with Crippen LogP contribution in [0, 0.1) is 12.8 Å². The molecule has 6 nitrogen and oxygen atoms in total. The Morgan fingerprint density at radius 1 is 1.18 bits per heavy atom. The molecule has 0 unspecified atom stereocenters. The second kappa shape index (κ2) is 9.82. The number of nitrogens with zero attached hydrogens (tertiary/aromatic N) is 3. The molecule has 1 saturated heterocycles. The number of rotatable bonds is 4. The minimum Gasteiger partial charge on any atom is -0.406 e. The summed E-state index contributed by atoms with van der Waals surface area (Å²) in [5.41, 5.74) is 2.36. The van der Waals surface area contributed by atoms with Gasteiger partial charge in [0.15, 0.2) is 5.65 Å². The molecule has 0 atom stereocenters. The third-order valence-electron chi connectivity index (χ3n) is 5.51. The lowest BCUT2D eigenvalue weighted by Crippen LogP contribution is -2.38. The number of likely N-dealkylation sites (tertiary alicyclic amines) is 1. The van der Waals surface area contributed by atoms with Gasteiger partial charge in [0.2, 0.25) is 0 Å². The Kier molecular flexibility index (Phi) is 7.31. The smallest absolute Gasteiger partial charge is 0.406 e. The highest BCUT2D eigenvalue weighted by molar-refractivity contribution is 6.07. The molecule has 0 bridgehead atoms. The number of alkyl halides is 3. The zero-order chi connectivity index (χ0) is 22.9. The van der Waals surface area contributed by atoms with Gasteiger partial charge < -0.3 is 15.0 Å². The predicted molar refractivity (Wildman–Crippen MR) is 122 cm³/mol. The van der Waals surface area contributed by atoms with Crippen LogP contribution >= 0.6 is 12.4 Å². The summed E-state index contributed by atoms with van der Waals surface area (Å²) in [6.45, 7) is 5.30. The fourth-order valence-corrected chi connectivity index (χ4v) is 3.77. The van der Waals surface area contributed by atoms with Crippen molar-refractivity contribution < 1.29 is 22.7 Å². The van der Waals surface area contributed by atoms with Crippen molar-refractivity contribution in [2.45, 2.75) is 33.1 Å². The molecule has 1 fully saturated rings. The number of anilines is 2. The summed E-state index contributed by atoms with van der Waals surface area (Å²) >= 11 is 0. The maximum absolute atomic E-state index is 13.3. The van der Waals surface area contributed by atoms with Crippen LogP contribution in [0.25, 0.3) is 11.0 Å². The molecular formula is C23H24ClF3N4O2. The molecule has 1 aliphatic rings. The van der Waals surface area contributed by atoms with Crippen molar-refractivity contribution in [3.8, 4) is 5.75 Å².